The van der Waals surface area contributed by atoms with E-state index in [9.17, 15) is 8.78 Å². The van der Waals surface area contributed by atoms with Crippen molar-refractivity contribution in [2.45, 2.75) is 6.61 Å². The molecule has 2 N–H and O–H groups in total. The van der Waals surface area contributed by atoms with Crippen LogP contribution >= 0.6 is 0 Å². The van der Waals surface area contributed by atoms with Crippen LogP contribution in [0.2, 0.25) is 0 Å². The zero-order chi connectivity index (χ0) is 10.8. The first-order valence-electron chi connectivity index (χ1n) is 4.31. The molecule has 0 fully saturated rings. The van der Waals surface area contributed by atoms with Crippen molar-refractivity contribution in [1.82, 2.24) is 9.97 Å². The average Bonchev–Trinajstić information content (AvgIpc) is 2.62. The fourth-order valence-corrected chi connectivity index (χ4v) is 1.32. The number of ether oxygens (including phenoxy) is 1. The largest absolute Gasteiger partial charge is 0.415 e. The van der Waals surface area contributed by atoms with E-state index in [-0.39, 0.29) is 5.88 Å². The molecule has 0 aliphatic carbocycles. The number of H-pyrrole nitrogens is 1. The number of nitrogens with zero attached hydrogens (tertiary/aromatic N) is 1. The molecule has 0 aromatic carbocycles. The summed E-state index contributed by atoms with van der Waals surface area (Å²) in [6, 6.07) is 3.49. The van der Waals surface area contributed by atoms with Gasteiger partial charge in [0, 0.05) is 18.6 Å². The summed E-state index contributed by atoms with van der Waals surface area (Å²) in [6.45, 7) is -2.88. The Balaban J connectivity index is 2.49. The molecular formula is C9H9F2N3O. The van der Waals surface area contributed by atoms with Crippen LogP contribution in [0, 0.1) is 0 Å². The van der Waals surface area contributed by atoms with Crippen LogP contribution in [0.5, 0.6) is 5.88 Å². The summed E-state index contributed by atoms with van der Waals surface area (Å²) in [5.74, 6) is -0.109. The van der Waals surface area contributed by atoms with Crippen LogP contribution in [0.1, 0.15) is 0 Å². The van der Waals surface area contributed by atoms with Crippen molar-refractivity contribution in [3.8, 4) is 5.88 Å². The van der Waals surface area contributed by atoms with Crippen molar-refractivity contribution in [3.05, 3.63) is 18.3 Å². The molecular weight excluding hydrogens is 204 g/mol. The lowest BCUT2D eigenvalue weighted by Crippen LogP contribution is -2.06. The summed E-state index contributed by atoms with van der Waals surface area (Å²) in [7, 11) is 1.62. The van der Waals surface area contributed by atoms with Gasteiger partial charge in [-0.2, -0.15) is 13.8 Å². The average molecular weight is 213 g/mol. The van der Waals surface area contributed by atoms with Crippen molar-refractivity contribution in [3.63, 3.8) is 0 Å². The molecule has 2 aromatic heterocycles. The molecule has 0 saturated carbocycles. The van der Waals surface area contributed by atoms with Gasteiger partial charge in [0.25, 0.3) is 0 Å². The molecule has 0 aliphatic rings. The first-order valence-corrected chi connectivity index (χ1v) is 4.31. The summed E-state index contributed by atoms with van der Waals surface area (Å²) in [5.41, 5.74) is 0.951. The summed E-state index contributed by atoms with van der Waals surface area (Å²) in [5, 5.41) is 3.58. The molecule has 4 nitrogen and oxygen atoms in total. The molecule has 2 heterocycles. The number of anilines is 1. The van der Waals surface area contributed by atoms with E-state index in [1.165, 1.54) is 0 Å². The predicted molar refractivity (Wildman–Crippen MR) is 52.3 cm³/mol. The first-order chi connectivity index (χ1) is 7.20. The molecule has 0 bridgehead atoms. The van der Waals surface area contributed by atoms with Crippen molar-refractivity contribution in [1.29, 1.82) is 0 Å². The molecule has 0 aliphatic heterocycles. The number of hydrogen-bond acceptors (Lipinski definition) is 3. The van der Waals surface area contributed by atoms with E-state index in [2.05, 4.69) is 20.0 Å². The molecule has 0 spiro atoms. The van der Waals surface area contributed by atoms with E-state index >= 15 is 0 Å². The fourth-order valence-electron chi connectivity index (χ4n) is 1.32. The quantitative estimate of drug-likeness (QED) is 0.821. The smallest absolute Gasteiger partial charge is 0.388 e. The molecule has 6 heteroatoms. The van der Waals surface area contributed by atoms with Gasteiger partial charge in [-0.1, -0.05) is 0 Å². The molecule has 0 saturated heterocycles. The normalized spacial score (nSPS) is 10.9. The highest BCUT2D eigenvalue weighted by atomic mass is 19.3. The number of alkyl halides is 2. The van der Waals surface area contributed by atoms with E-state index < -0.39 is 6.61 Å². The Labute approximate surface area is 84.3 Å². The fraction of sp³-hybridized carbons (Fsp3) is 0.222. The number of fused-ring (bicyclic) bond motifs is 1. The van der Waals surface area contributed by atoms with Gasteiger partial charge in [-0.15, -0.1) is 0 Å². The maximum atomic E-state index is 12.1. The van der Waals surface area contributed by atoms with Gasteiger partial charge in [0.2, 0.25) is 5.88 Å². The predicted octanol–water partition coefficient (Wildman–Crippen LogP) is 2.21. The molecule has 0 radical (unpaired) electrons. The van der Waals surface area contributed by atoms with Crippen LogP contribution in [-0.4, -0.2) is 23.6 Å². The van der Waals surface area contributed by atoms with Crippen LogP contribution in [0.25, 0.3) is 11.0 Å². The Kier molecular flexibility index (Phi) is 2.40. The van der Waals surface area contributed by atoms with E-state index in [1.807, 2.05) is 0 Å². The first kappa shape index (κ1) is 9.70. The molecule has 0 atom stereocenters. The highest BCUT2D eigenvalue weighted by molar-refractivity contribution is 5.81. The molecule has 0 amide bonds. The minimum atomic E-state index is -2.88. The third kappa shape index (κ3) is 1.83. The van der Waals surface area contributed by atoms with Crippen LogP contribution in [0.15, 0.2) is 18.3 Å². The topological polar surface area (TPSA) is 49.9 Å². The highest BCUT2D eigenvalue weighted by Crippen LogP contribution is 2.27. The summed E-state index contributed by atoms with van der Waals surface area (Å²) < 4.78 is 28.4. The standard InChI is InChI=1S/C9H9F2N3O/c1-12-6-4-5-2-3-13-7(5)14-8(6)15-9(10)11/h2-4,9,12H,1H3,(H,13,14). The van der Waals surface area contributed by atoms with Crippen LogP contribution < -0.4 is 10.1 Å². The van der Waals surface area contributed by atoms with Gasteiger partial charge in [0.15, 0.2) is 0 Å². The lowest BCUT2D eigenvalue weighted by Gasteiger charge is -2.08. The minimum absolute atomic E-state index is 0.109. The molecule has 2 aromatic rings. The van der Waals surface area contributed by atoms with Gasteiger partial charge in [-0.05, 0) is 12.1 Å². The number of nitrogens with one attached hydrogen (secondary N) is 2. The number of aromatic nitrogens is 2. The summed E-state index contributed by atoms with van der Waals surface area (Å²) in [4.78, 5) is 6.75. The number of rotatable bonds is 3. The molecule has 80 valence electrons. The zero-order valence-corrected chi connectivity index (χ0v) is 7.92. The maximum absolute atomic E-state index is 12.1. The van der Waals surface area contributed by atoms with Crippen molar-refractivity contribution < 1.29 is 13.5 Å². The van der Waals surface area contributed by atoms with E-state index in [0.29, 0.717) is 11.3 Å². The Morgan fingerprint density at radius 2 is 2.33 bits per heavy atom. The van der Waals surface area contributed by atoms with Crippen molar-refractivity contribution >= 4 is 16.7 Å². The van der Waals surface area contributed by atoms with E-state index in [0.717, 1.165) is 5.39 Å². The SMILES string of the molecule is CNc1cc2cc[nH]c2nc1OC(F)F. The molecule has 0 unspecified atom stereocenters. The van der Waals surface area contributed by atoms with Crippen LogP contribution in [0.4, 0.5) is 14.5 Å². The zero-order valence-electron chi connectivity index (χ0n) is 7.92. The van der Waals surface area contributed by atoms with E-state index in [4.69, 9.17) is 0 Å². The second kappa shape index (κ2) is 3.72. The van der Waals surface area contributed by atoms with Crippen molar-refractivity contribution in [2.24, 2.45) is 0 Å². The summed E-state index contributed by atoms with van der Waals surface area (Å²) >= 11 is 0. The number of pyridine rings is 1. The number of hydrogen-bond donors (Lipinski definition) is 2. The molecule has 2 rings (SSSR count). The van der Waals surface area contributed by atoms with Gasteiger partial charge in [0.1, 0.15) is 5.65 Å². The minimum Gasteiger partial charge on any atom is -0.415 e. The van der Waals surface area contributed by atoms with Crippen molar-refractivity contribution in [2.75, 3.05) is 12.4 Å². The lowest BCUT2D eigenvalue weighted by molar-refractivity contribution is -0.0521. The van der Waals surface area contributed by atoms with E-state index in [1.54, 1.807) is 25.4 Å². The number of halogens is 2. The Morgan fingerprint density at radius 1 is 1.53 bits per heavy atom. The van der Waals surface area contributed by atoms with Gasteiger partial charge < -0.3 is 15.0 Å². The van der Waals surface area contributed by atoms with Crippen LogP contribution in [-0.2, 0) is 0 Å². The summed E-state index contributed by atoms with van der Waals surface area (Å²) in [6.07, 6.45) is 1.68. The molecule has 15 heavy (non-hydrogen) atoms. The third-order valence-electron chi connectivity index (χ3n) is 1.97. The third-order valence-corrected chi connectivity index (χ3v) is 1.97. The Morgan fingerprint density at radius 3 is 3.00 bits per heavy atom. The lowest BCUT2D eigenvalue weighted by atomic mass is 10.3. The van der Waals surface area contributed by atoms with Gasteiger partial charge in [-0.25, -0.2) is 0 Å². The van der Waals surface area contributed by atoms with Gasteiger partial charge >= 0.3 is 6.61 Å². The Hall–Kier alpha value is -1.85. The van der Waals surface area contributed by atoms with Crippen LogP contribution in [0.3, 0.4) is 0 Å². The van der Waals surface area contributed by atoms with Gasteiger partial charge in [-0.3, -0.25) is 0 Å². The highest BCUT2D eigenvalue weighted by Gasteiger charge is 2.12. The maximum Gasteiger partial charge on any atom is 0.388 e. The second-order valence-electron chi connectivity index (χ2n) is 2.89. The second-order valence-corrected chi connectivity index (χ2v) is 2.89. The Bertz CT molecular complexity index is 469. The number of aromatic amines is 1. The monoisotopic (exact) mass is 213 g/mol. The van der Waals surface area contributed by atoms with Gasteiger partial charge in [0.05, 0.1) is 5.69 Å².